The number of nitrogens with one attached hydrogen (secondary N) is 1. The van der Waals surface area contributed by atoms with Crippen molar-refractivity contribution in [2.75, 3.05) is 37.9 Å². The molecule has 0 spiro atoms. The van der Waals surface area contributed by atoms with Gasteiger partial charge >= 0.3 is 0 Å². The maximum Gasteiger partial charge on any atom is 0.270 e. The summed E-state index contributed by atoms with van der Waals surface area (Å²) < 4.78 is 10.7. The first kappa shape index (κ1) is 19.0. The lowest BCUT2D eigenvalue weighted by atomic mass is 10.2. The first-order valence-electron chi connectivity index (χ1n) is 9.52. The van der Waals surface area contributed by atoms with Gasteiger partial charge in [-0.25, -0.2) is 9.97 Å². The van der Waals surface area contributed by atoms with Crippen LogP contribution in [0.4, 0.5) is 5.82 Å². The molecule has 1 fully saturated rings. The van der Waals surface area contributed by atoms with Gasteiger partial charge in [0.25, 0.3) is 5.91 Å². The smallest absolute Gasteiger partial charge is 0.270 e. The molecular weight excluding hydrogens is 374 g/mol. The molecule has 1 saturated heterocycles. The Morgan fingerprint density at radius 1 is 1.07 bits per heavy atom. The third-order valence-electron chi connectivity index (χ3n) is 5.00. The first-order valence-corrected chi connectivity index (χ1v) is 9.52. The summed E-state index contributed by atoms with van der Waals surface area (Å²) in [5.74, 6) is 2.44. The number of hydrogen-bond acceptors (Lipinski definition) is 7. The predicted octanol–water partition coefficient (Wildman–Crippen LogP) is 1.11. The Morgan fingerprint density at radius 2 is 1.83 bits per heavy atom. The molecule has 3 heterocycles. The van der Waals surface area contributed by atoms with Crippen LogP contribution >= 0.6 is 0 Å². The lowest BCUT2D eigenvalue weighted by Gasteiger charge is -2.35. The van der Waals surface area contributed by atoms with Crippen LogP contribution in [0.25, 0.3) is 0 Å². The molecule has 1 aromatic heterocycles. The number of carbonyl (C=O) groups excluding carboxylic acids is 2. The predicted molar refractivity (Wildman–Crippen MR) is 105 cm³/mol. The maximum absolute atomic E-state index is 12.7. The maximum atomic E-state index is 12.7. The van der Waals surface area contributed by atoms with Gasteiger partial charge in [0.05, 0.1) is 0 Å². The number of rotatable bonds is 4. The largest absolute Gasteiger partial charge is 0.454 e. The van der Waals surface area contributed by atoms with E-state index in [1.54, 1.807) is 19.9 Å². The van der Waals surface area contributed by atoms with E-state index < -0.39 is 0 Å². The molecular formula is C20H23N5O4. The minimum Gasteiger partial charge on any atom is -0.454 e. The molecule has 0 aliphatic carbocycles. The highest BCUT2D eigenvalue weighted by molar-refractivity contribution is 5.93. The van der Waals surface area contributed by atoms with Crippen molar-refractivity contribution < 1.29 is 19.1 Å². The molecule has 9 nitrogen and oxygen atoms in total. The summed E-state index contributed by atoms with van der Waals surface area (Å²) >= 11 is 0. The molecule has 0 bridgehead atoms. The average molecular weight is 397 g/mol. The summed E-state index contributed by atoms with van der Waals surface area (Å²) in [6.07, 6.45) is 0. The van der Waals surface area contributed by atoms with E-state index in [4.69, 9.17) is 9.47 Å². The molecule has 152 valence electrons. The van der Waals surface area contributed by atoms with Crippen LogP contribution < -0.4 is 19.7 Å². The van der Waals surface area contributed by atoms with Crippen molar-refractivity contribution in [2.45, 2.75) is 20.4 Å². The van der Waals surface area contributed by atoms with Crippen molar-refractivity contribution >= 4 is 17.6 Å². The Bertz CT molecular complexity index is 940. The zero-order valence-corrected chi connectivity index (χ0v) is 16.5. The molecule has 0 saturated carbocycles. The number of carbonyl (C=O) groups is 2. The zero-order valence-electron chi connectivity index (χ0n) is 16.5. The SMILES string of the molecule is CC(=O)N1CCN(c2cc(C(=O)NCc3ccc4c(c3)OCO4)nc(C)n2)CC1. The number of fused-ring (bicyclic) bond motifs is 1. The van der Waals surface area contributed by atoms with Crippen LogP contribution in [0.1, 0.15) is 28.8 Å². The third-order valence-corrected chi connectivity index (χ3v) is 5.00. The van der Waals surface area contributed by atoms with Crippen molar-refractivity contribution in [1.29, 1.82) is 0 Å². The molecule has 2 aliphatic rings. The number of amides is 2. The van der Waals surface area contributed by atoms with E-state index in [2.05, 4.69) is 20.2 Å². The van der Waals surface area contributed by atoms with E-state index in [0.29, 0.717) is 61.6 Å². The van der Waals surface area contributed by atoms with Gasteiger partial charge in [0.15, 0.2) is 11.5 Å². The van der Waals surface area contributed by atoms with Gasteiger partial charge < -0.3 is 24.6 Å². The molecule has 0 atom stereocenters. The molecule has 2 amide bonds. The summed E-state index contributed by atoms with van der Waals surface area (Å²) in [7, 11) is 0. The van der Waals surface area contributed by atoms with Gasteiger partial charge in [-0.2, -0.15) is 0 Å². The molecule has 4 rings (SSSR count). The summed E-state index contributed by atoms with van der Waals surface area (Å²) in [4.78, 5) is 36.8. The highest BCUT2D eigenvalue weighted by Crippen LogP contribution is 2.32. The zero-order chi connectivity index (χ0) is 20.4. The summed E-state index contributed by atoms with van der Waals surface area (Å²) in [6.45, 7) is 6.55. The average Bonchev–Trinajstić information content (AvgIpc) is 3.19. The molecule has 0 radical (unpaired) electrons. The van der Waals surface area contributed by atoms with Crippen LogP contribution in [-0.2, 0) is 11.3 Å². The third kappa shape index (κ3) is 4.23. The normalized spacial score (nSPS) is 15.4. The van der Waals surface area contributed by atoms with E-state index >= 15 is 0 Å². The molecule has 1 aromatic carbocycles. The van der Waals surface area contributed by atoms with Crippen LogP contribution in [0.3, 0.4) is 0 Å². The second kappa shape index (κ2) is 7.94. The molecule has 9 heteroatoms. The summed E-state index contributed by atoms with van der Waals surface area (Å²) in [6, 6.07) is 7.27. The van der Waals surface area contributed by atoms with Crippen LogP contribution in [-0.4, -0.2) is 59.7 Å². The van der Waals surface area contributed by atoms with E-state index in [9.17, 15) is 9.59 Å². The first-order chi connectivity index (χ1) is 14.0. The Morgan fingerprint density at radius 3 is 2.59 bits per heavy atom. The van der Waals surface area contributed by atoms with Gasteiger partial charge in [-0.3, -0.25) is 9.59 Å². The summed E-state index contributed by atoms with van der Waals surface area (Å²) in [5, 5.41) is 2.89. The number of ether oxygens (including phenoxy) is 2. The molecule has 2 aliphatic heterocycles. The van der Waals surface area contributed by atoms with Gasteiger partial charge in [-0.15, -0.1) is 0 Å². The molecule has 2 aromatic rings. The highest BCUT2D eigenvalue weighted by atomic mass is 16.7. The number of hydrogen-bond donors (Lipinski definition) is 1. The molecule has 1 N–H and O–H groups in total. The van der Waals surface area contributed by atoms with E-state index in [1.165, 1.54) is 0 Å². The van der Waals surface area contributed by atoms with Gasteiger partial charge in [0.1, 0.15) is 17.3 Å². The highest BCUT2D eigenvalue weighted by Gasteiger charge is 2.21. The van der Waals surface area contributed by atoms with Crippen molar-refractivity contribution in [3.8, 4) is 11.5 Å². The van der Waals surface area contributed by atoms with Crippen LogP contribution in [0.2, 0.25) is 0 Å². The Hall–Kier alpha value is -3.36. The van der Waals surface area contributed by atoms with Crippen LogP contribution in [0.15, 0.2) is 24.3 Å². The number of piperazine rings is 1. The number of aromatic nitrogens is 2. The van der Waals surface area contributed by atoms with E-state index in [-0.39, 0.29) is 18.6 Å². The number of benzene rings is 1. The number of nitrogens with zero attached hydrogens (tertiary/aromatic N) is 4. The van der Waals surface area contributed by atoms with Gasteiger partial charge in [-0.05, 0) is 24.6 Å². The molecule has 0 unspecified atom stereocenters. The van der Waals surface area contributed by atoms with Crippen LogP contribution in [0.5, 0.6) is 11.5 Å². The standard InChI is InChI=1S/C20H23N5O4/c1-13-22-16(10-19(23-13)25-7-5-24(6-8-25)14(2)26)20(27)21-11-15-3-4-17-18(9-15)29-12-28-17/h3-4,9-10H,5-8,11-12H2,1-2H3,(H,21,27). The minimum absolute atomic E-state index is 0.0760. The van der Waals surface area contributed by atoms with Crippen molar-refractivity contribution in [2.24, 2.45) is 0 Å². The fourth-order valence-corrected chi connectivity index (χ4v) is 3.40. The van der Waals surface area contributed by atoms with Gasteiger partial charge in [0, 0.05) is 45.7 Å². The molecule has 29 heavy (non-hydrogen) atoms. The summed E-state index contributed by atoms with van der Waals surface area (Å²) in [5.41, 5.74) is 1.23. The fraction of sp³-hybridized carbons (Fsp3) is 0.400. The van der Waals surface area contributed by atoms with Crippen LogP contribution in [0, 0.1) is 6.92 Å². The fourth-order valence-electron chi connectivity index (χ4n) is 3.40. The monoisotopic (exact) mass is 397 g/mol. The quantitative estimate of drug-likeness (QED) is 0.825. The van der Waals surface area contributed by atoms with E-state index in [1.807, 2.05) is 23.1 Å². The second-order valence-electron chi connectivity index (χ2n) is 7.02. The minimum atomic E-state index is -0.267. The van der Waals surface area contributed by atoms with E-state index in [0.717, 1.165) is 5.56 Å². The topological polar surface area (TPSA) is 96.9 Å². The lowest BCUT2D eigenvalue weighted by molar-refractivity contribution is -0.129. The van der Waals surface area contributed by atoms with Gasteiger partial charge in [0.2, 0.25) is 12.7 Å². The Balaban J connectivity index is 1.41. The number of aryl methyl sites for hydroxylation is 1. The number of anilines is 1. The van der Waals surface area contributed by atoms with Crippen molar-refractivity contribution in [1.82, 2.24) is 20.2 Å². The van der Waals surface area contributed by atoms with Gasteiger partial charge in [-0.1, -0.05) is 6.07 Å². The Labute approximate surface area is 168 Å². The Kier molecular flexibility index (Phi) is 5.20. The second-order valence-corrected chi connectivity index (χ2v) is 7.02. The lowest BCUT2D eigenvalue weighted by Crippen LogP contribution is -2.48. The van der Waals surface area contributed by atoms with Crippen molar-refractivity contribution in [3.63, 3.8) is 0 Å². The van der Waals surface area contributed by atoms with Crippen molar-refractivity contribution in [3.05, 3.63) is 41.3 Å².